The second-order valence-corrected chi connectivity index (χ2v) is 6.98. The zero-order chi connectivity index (χ0) is 18.7. The van der Waals surface area contributed by atoms with E-state index in [2.05, 4.69) is 10.3 Å². The molecule has 1 atom stereocenters. The summed E-state index contributed by atoms with van der Waals surface area (Å²) >= 11 is 0. The summed E-state index contributed by atoms with van der Waals surface area (Å²) in [4.78, 5) is 20.9. The molecule has 0 aliphatic carbocycles. The maximum Gasteiger partial charge on any atom is 0.255 e. The Kier molecular flexibility index (Phi) is 5.40. The number of aromatic nitrogens is 1. The SMILES string of the molecule is Cc1ccc(F)c(N2CCCC(NC(=O)c3cccnc3N(C)C)C2)c1. The molecule has 1 aromatic carbocycles. The van der Waals surface area contributed by atoms with Crippen LogP contribution in [0.15, 0.2) is 36.5 Å². The van der Waals surface area contributed by atoms with Gasteiger partial charge in [-0.3, -0.25) is 4.79 Å². The van der Waals surface area contributed by atoms with Crippen molar-refractivity contribution in [3.8, 4) is 0 Å². The molecule has 1 unspecified atom stereocenters. The van der Waals surface area contributed by atoms with Gasteiger partial charge in [-0.1, -0.05) is 6.07 Å². The van der Waals surface area contributed by atoms with Crippen LogP contribution in [0.4, 0.5) is 15.9 Å². The van der Waals surface area contributed by atoms with Crippen molar-refractivity contribution in [1.82, 2.24) is 10.3 Å². The standard InChI is InChI=1S/C20H25FN4O/c1-14-8-9-17(21)18(12-14)25-11-5-6-15(13-25)23-20(26)16-7-4-10-22-19(16)24(2)3/h4,7-10,12,15H,5-6,11,13H2,1-3H3,(H,23,26). The molecule has 2 heterocycles. The van der Waals surface area contributed by atoms with E-state index < -0.39 is 0 Å². The quantitative estimate of drug-likeness (QED) is 0.915. The number of aryl methyl sites for hydroxylation is 1. The van der Waals surface area contributed by atoms with Gasteiger partial charge in [0, 0.05) is 39.4 Å². The lowest BCUT2D eigenvalue weighted by atomic mass is 10.0. The van der Waals surface area contributed by atoms with Crippen LogP contribution >= 0.6 is 0 Å². The monoisotopic (exact) mass is 356 g/mol. The van der Waals surface area contributed by atoms with Gasteiger partial charge in [-0.05, 0) is 49.6 Å². The molecule has 0 radical (unpaired) electrons. The summed E-state index contributed by atoms with van der Waals surface area (Å²) in [7, 11) is 3.73. The first kappa shape index (κ1) is 18.2. The van der Waals surface area contributed by atoms with Crippen LogP contribution < -0.4 is 15.1 Å². The van der Waals surface area contributed by atoms with Crippen molar-refractivity contribution in [2.45, 2.75) is 25.8 Å². The molecule has 2 aromatic rings. The van der Waals surface area contributed by atoms with Gasteiger partial charge < -0.3 is 15.1 Å². The Hall–Kier alpha value is -2.63. The summed E-state index contributed by atoms with van der Waals surface area (Å²) in [6.45, 7) is 3.35. The van der Waals surface area contributed by atoms with Crippen molar-refractivity contribution in [3.05, 3.63) is 53.5 Å². The third kappa shape index (κ3) is 3.95. The molecular formula is C20H25FN4O. The van der Waals surface area contributed by atoms with Crippen molar-refractivity contribution < 1.29 is 9.18 Å². The Morgan fingerprint density at radius 3 is 2.92 bits per heavy atom. The Labute approximate surface area is 153 Å². The predicted octanol–water partition coefficient (Wildman–Crippen LogP) is 2.99. The number of piperidine rings is 1. The minimum atomic E-state index is -0.218. The van der Waals surface area contributed by atoms with Crippen molar-refractivity contribution in [1.29, 1.82) is 0 Å². The molecule has 5 nitrogen and oxygen atoms in total. The number of hydrogen-bond donors (Lipinski definition) is 1. The highest BCUT2D eigenvalue weighted by Gasteiger charge is 2.25. The van der Waals surface area contributed by atoms with Gasteiger partial charge in [0.2, 0.25) is 0 Å². The Morgan fingerprint density at radius 1 is 1.35 bits per heavy atom. The van der Waals surface area contributed by atoms with E-state index in [1.165, 1.54) is 6.07 Å². The Bertz CT molecular complexity index is 793. The van der Waals surface area contributed by atoms with Crippen LogP contribution in [0.5, 0.6) is 0 Å². The first-order chi connectivity index (χ1) is 12.5. The van der Waals surface area contributed by atoms with Gasteiger partial charge in [-0.2, -0.15) is 0 Å². The lowest BCUT2D eigenvalue weighted by molar-refractivity contribution is 0.0933. The summed E-state index contributed by atoms with van der Waals surface area (Å²) in [6.07, 6.45) is 3.47. The number of halogens is 1. The zero-order valence-corrected chi connectivity index (χ0v) is 15.5. The molecule has 1 aromatic heterocycles. The largest absolute Gasteiger partial charge is 0.367 e. The van der Waals surface area contributed by atoms with Crippen molar-refractivity contribution in [3.63, 3.8) is 0 Å². The maximum absolute atomic E-state index is 14.2. The fourth-order valence-electron chi connectivity index (χ4n) is 3.37. The van der Waals surface area contributed by atoms with Crippen LogP contribution in [0.25, 0.3) is 0 Å². The molecule has 1 aliphatic rings. The molecule has 6 heteroatoms. The number of anilines is 2. The summed E-state index contributed by atoms with van der Waals surface area (Å²) in [5.41, 5.74) is 2.19. The Morgan fingerprint density at radius 2 is 2.15 bits per heavy atom. The van der Waals surface area contributed by atoms with E-state index in [0.717, 1.165) is 24.9 Å². The van der Waals surface area contributed by atoms with Gasteiger partial charge in [0.1, 0.15) is 11.6 Å². The van der Waals surface area contributed by atoms with E-state index in [9.17, 15) is 9.18 Å². The van der Waals surface area contributed by atoms with Gasteiger partial charge >= 0.3 is 0 Å². The van der Waals surface area contributed by atoms with Crippen molar-refractivity contribution >= 4 is 17.4 Å². The van der Waals surface area contributed by atoms with E-state index >= 15 is 0 Å². The minimum Gasteiger partial charge on any atom is -0.367 e. The predicted molar refractivity (Wildman–Crippen MR) is 102 cm³/mol. The average Bonchev–Trinajstić information content (AvgIpc) is 2.64. The van der Waals surface area contributed by atoms with E-state index in [1.807, 2.05) is 36.9 Å². The second-order valence-electron chi connectivity index (χ2n) is 6.98. The number of hydrogen-bond acceptors (Lipinski definition) is 4. The number of amides is 1. The first-order valence-corrected chi connectivity index (χ1v) is 8.90. The molecule has 1 fully saturated rings. The summed E-state index contributed by atoms with van der Waals surface area (Å²) in [6, 6.07) is 8.66. The maximum atomic E-state index is 14.2. The van der Waals surface area contributed by atoms with Crippen molar-refractivity contribution in [2.24, 2.45) is 0 Å². The summed E-state index contributed by atoms with van der Waals surface area (Å²) in [5.74, 6) is 0.283. The van der Waals surface area contributed by atoms with Gasteiger partial charge in [-0.25, -0.2) is 9.37 Å². The van der Waals surface area contributed by atoms with E-state index in [-0.39, 0.29) is 17.8 Å². The Balaban J connectivity index is 1.73. The number of nitrogens with zero attached hydrogens (tertiary/aromatic N) is 3. The van der Waals surface area contributed by atoms with Crippen LogP contribution in [-0.2, 0) is 0 Å². The number of rotatable bonds is 4. The molecule has 0 spiro atoms. The fourth-order valence-corrected chi connectivity index (χ4v) is 3.37. The highest BCUT2D eigenvalue weighted by molar-refractivity contribution is 5.99. The molecule has 0 bridgehead atoms. The normalized spacial score (nSPS) is 17.1. The topological polar surface area (TPSA) is 48.5 Å². The molecule has 1 aliphatic heterocycles. The van der Waals surface area contributed by atoms with E-state index in [0.29, 0.717) is 23.6 Å². The van der Waals surface area contributed by atoms with Gasteiger partial charge in [0.05, 0.1) is 11.3 Å². The molecule has 0 saturated carbocycles. The molecule has 3 rings (SSSR count). The van der Waals surface area contributed by atoms with E-state index in [4.69, 9.17) is 0 Å². The summed E-state index contributed by atoms with van der Waals surface area (Å²) < 4.78 is 14.2. The minimum absolute atomic E-state index is 0.0219. The molecule has 1 N–H and O–H groups in total. The molecule has 1 amide bonds. The van der Waals surface area contributed by atoms with Crippen LogP contribution in [0.2, 0.25) is 0 Å². The highest BCUT2D eigenvalue weighted by atomic mass is 19.1. The molecular weight excluding hydrogens is 331 g/mol. The number of pyridine rings is 1. The van der Waals surface area contributed by atoms with Gasteiger partial charge in [0.15, 0.2) is 0 Å². The molecule has 138 valence electrons. The number of carbonyl (C=O) groups is 1. The summed E-state index contributed by atoms with van der Waals surface area (Å²) in [5, 5.41) is 3.09. The third-order valence-electron chi connectivity index (χ3n) is 4.65. The van der Waals surface area contributed by atoms with Crippen molar-refractivity contribution in [2.75, 3.05) is 37.0 Å². The number of carbonyl (C=O) groups excluding carboxylic acids is 1. The van der Waals surface area contributed by atoms with Gasteiger partial charge in [0.25, 0.3) is 5.91 Å². The van der Waals surface area contributed by atoms with Crippen LogP contribution in [-0.4, -0.2) is 44.1 Å². The number of nitrogens with one attached hydrogen (secondary N) is 1. The highest BCUT2D eigenvalue weighted by Crippen LogP contribution is 2.25. The average molecular weight is 356 g/mol. The van der Waals surface area contributed by atoms with E-state index in [1.54, 1.807) is 24.4 Å². The molecule has 26 heavy (non-hydrogen) atoms. The van der Waals surface area contributed by atoms with Gasteiger partial charge in [-0.15, -0.1) is 0 Å². The third-order valence-corrected chi connectivity index (χ3v) is 4.65. The first-order valence-electron chi connectivity index (χ1n) is 8.90. The number of benzene rings is 1. The fraction of sp³-hybridized carbons (Fsp3) is 0.400. The van der Waals surface area contributed by atoms with Crippen LogP contribution in [0, 0.1) is 12.7 Å². The van der Waals surface area contributed by atoms with Crippen LogP contribution in [0.3, 0.4) is 0 Å². The molecule has 1 saturated heterocycles. The zero-order valence-electron chi connectivity index (χ0n) is 15.5. The smallest absolute Gasteiger partial charge is 0.255 e. The lowest BCUT2D eigenvalue weighted by Crippen LogP contribution is -2.48. The van der Waals surface area contributed by atoms with Crippen LogP contribution in [0.1, 0.15) is 28.8 Å². The lowest BCUT2D eigenvalue weighted by Gasteiger charge is -2.35. The second kappa shape index (κ2) is 7.72.